The molecule has 0 amide bonds. The van der Waals surface area contributed by atoms with Gasteiger partial charge in [0.25, 0.3) is 0 Å². The Morgan fingerprint density at radius 2 is 2.11 bits per heavy atom. The van der Waals surface area contributed by atoms with Gasteiger partial charge in [0.2, 0.25) is 0 Å². The van der Waals surface area contributed by atoms with E-state index in [4.69, 9.17) is 9.73 Å². The van der Waals surface area contributed by atoms with Crippen LogP contribution in [-0.2, 0) is 4.74 Å². The minimum Gasteiger partial charge on any atom is -0.385 e. The largest absolute Gasteiger partial charge is 0.385 e. The van der Waals surface area contributed by atoms with Crippen molar-refractivity contribution in [1.82, 2.24) is 5.32 Å². The van der Waals surface area contributed by atoms with E-state index in [1.54, 1.807) is 7.11 Å². The smallest absolute Gasteiger partial charge is 0.156 e. The summed E-state index contributed by atoms with van der Waals surface area (Å²) in [5, 5.41) is 4.69. The highest BCUT2D eigenvalue weighted by molar-refractivity contribution is 8.13. The summed E-state index contributed by atoms with van der Waals surface area (Å²) in [6.07, 6.45) is 6.66. The van der Waals surface area contributed by atoms with Crippen molar-refractivity contribution < 1.29 is 4.74 Å². The standard InChI is InChI=1S/C15H28N2OS/c1-14(2,8-9-18-3)10-16-13-17-11-15(12-19-13)6-4-5-7-15/h4-12H2,1-3H3,(H,16,17). The lowest BCUT2D eigenvalue weighted by Crippen LogP contribution is -2.37. The van der Waals surface area contributed by atoms with Crippen molar-refractivity contribution in [2.45, 2.75) is 46.0 Å². The molecule has 0 aromatic rings. The molecule has 1 heterocycles. The predicted octanol–water partition coefficient (Wildman–Crippen LogP) is 3.30. The second-order valence-electron chi connectivity index (χ2n) is 6.88. The molecular weight excluding hydrogens is 256 g/mol. The number of hydrogen-bond acceptors (Lipinski definition) is 4. The van der Waals surface area contributed by atoms with Crippen LogP contribution in [0.2, 0.25) is 0 Å². The van der Waals surface area contributed by atoms with E-state index in [-0.39, 0.29) is 5.41 Å². The quantitative estimate of drug-likeness (QED) is 0.841. The lowest BCUT2D eigenvalue weighted by Gasteiger charge is -2.32. The van der Waals surface area contributed by atoms with Crippen molar-refractivity contribution in [2.75, 3.05) is 32.6 Å². The van der Waals surface area contributed by atoms with Gasteiger partial charge in [-0.2, -0.15) is 0 Å². The highest BCUT2D eigenvalue weighted by atomic mass is 32.2. The molecule has 0 unspecified atom stereocenters. The van der Waals surface area contributed by atoms with Crippen LogP contribution >= 0.6 is 11.8 Å². The summed E-state index contributed by atoms with van der Waals surface area (Å²) in [5.41, 5.74) is 0.809. The number of amidine groups is 1. The van der Waals surface area contributed by atoms with Crippen LogP contribution in [0.4, 0.5) is 0 Å². The monoisotopic (exact) mass is 284 g/mol. The van der Waals surface area contributed by atoms with Crippen molar-refractivity contribution in [3.8, 4) is 0 Å². The molecule has 2 aliphatic rings. The summed E-state index contributed by atoms with van der Waals surface area (Å²) in [4.78, 5) is 4.79. The van der Waals surface area contributed by atoms with E-state index in [0.717, 1.165) is 31.3 Å². The lowest BCUT2D eigenvalue weighted by atomic mass is 9.89. The molecule has 0 bridgehead atoms. The molecule has 0 radical (unpaired) electrons. The predicted molar refractivity (Wildman–Crippen MR) is 83.9 cm³/mol. The van der Waals surface area contributed by atoms with Crippen molar-refractivity contribution in [2.24, 2.45) is 15.8 Å². The Hall–Kier alpha value is -0.220. The molecule has 0 aromatic heterocycles. The zero-order valence-electron chi connectivity index (χ0n) is 12.6. The van der Waals surface area contributed by atoms with Gasteiger partial charge in [-0.15, -0.1) is 0 Å². The molecule has 4 heteroatoms. The lowest BCUT2D eigenvalue weighted by molar-refractivity contribution is 0.153. The molecule has 1 saturated carbocycles. The zero-order chi connectivity index (χ0) is 13.8. The average molecular weight is 284 g/mol. The fourth-order valence-electron chi connectivity index (χ4n) is 2.87. The van der Waals surface area contributed by atoms with E-state index in [1.165, 1.54) is 31.4 Å². The van der Waals surface area contributed by atoms with E-state index >= 15 is 0 Å². The van der Waals surface area contributed by atoms with E-state index in [2.05, 4.69) is 19.2 Å². The summed E-state index contributed by atoms with van der Waals surface area (Å²) in [6, 6.07) is 0. The summed E-state index contributed by atoms with van der Waals surface area (Å²) >= 11 is 1.93. The molecule has 1 fully saturated rings. The van der Waals surface area contributed by atoms with Gasteiger partial charge in [0.15, 0.2) is 5.17 Å². The van der Waals surface area contributed by atoms with Crippen LogP contribution in [0.15, 0.2) is 4.99 Å². The molecular formula is C15H28N2OS. The minimum atomic E-state index is 0.265. The maximum absolute atomic E-state index is 5.17. The number of thioether (sulfide) groups is 1. The summed E-state index contributed by atoms with van der Waals surface area (Å²) in [6.45, 7) is 7.42. The molecule has 0 saturated heterocycles. The van der Waals surface area contributed by atoms with Crippen molar-refractivity contribution in [3.63, 3.8) is 0 Å². The Morgan fingerprint density at radius 1 is 1.37 bits per heavy atom. The van der Waals surface area contributed by atoms with Gasteiger partial charge in [-0.05, 0) is 30.1 Å². The van der Waals surface area contributed by atoms with Crippen LogP contribution < -0.4 is 5.32 Å². The third-order valence-electron chi connectivity index (χ3n) is 4.44. The molecule has 0 aromatic carbocycles. The third kappa shape index (κ3) is 4.38. The van der Waals surface area contributed by atoms with Gasteiger partial charge in [-0.25, -0.2) is 0 Å². The first kappa shape index (κ1) is 15.2. The Bertz CT molecular complexity index is 322. The number of hydrogen-bond donors (Lipinski definition) is 1. The maximum Gasteiger partial charge on any atom is 0.156 e. The number of aliphatic imine (C=N–C) groups is 1. The number of methoxy groups -OCH3 is 1. The van der Waals surface area contributed by atoms with Crippen LogP contribution in [-0.4, -0.2) is 37.7 Å². The van der Waals surface area contributed by atoms with Crippen LogP contribution in [0.3, 0.4) is 0 Å². The topological polar surface area (TPSA) is 33.6 Å². The van der Waals surface area contributed by atoms with E-state index in [1.807, 2.05) is 11.8 Å². The zero-order valence-corrected chi connectivity index (χ0v) is 13.4. The first-order chi connectivity index (χ1) is 9.05. The molecule has 1 N–H and O–H groups in total. The summed E-state index contributed by atoms with van der Waals surface area (Å²) in [7, 11) is 1.77. The number of nitrogens with zero attached hydrogens (tertiary/aromatic N) is 1. The van der Waals surface area contributed by atoms with Gasteiger partial charge in [0.1, 0.15) is 0 Å². The van der Waals surface area contributed by atoms with Crippen LogP contribution in [0, 0.1) is 10.8 Å². The molecule has 1 spiro atoms. The van der Waals surface area contributed by atoms with Crippen molar-refractivity contribution in [1.29, 1.82) is 0 Å². The van der Waals surface area contributed by atoms with Gasteiger partial charge in [-0.1, -0.05) is 38.5 Å². The average Bonchev–Trinajstić information content (AvgIpc) is 2.85. The maximum atomic E-state index is 5.17. The highest BCUT2D eigenvalue weighted by Gasteiger charge is 2.36. The molecule has 1 aliphatic heterocycles. The van der Waals surface area contributed by atoms with Gasteiger partial charge in [0.05, 0.1) is 0 Å². The second-order valence-corrected chi connectivity index (χ2v) is 7.84. The van der Waals surface area contributed by atoms with E-state index < -0.39 is 0 Å². The molecule has 3 nitrogen and oxygen atoms in total. The van der Waals surface area contributed by atoms with Gasteiger partial charge in [-0.3, -0.25) is 4.99 Å². The molecule has 2 rings (SSSR count). The van der Waals surface area contributed by atoms with E-state index in [0.29, 0.717) is 5.41 Å². The fraction of sp³-hybridized carbons (Fsp3) is 0.933. The van der Waals surface area contributed by atoms with Crippen molar-refractivity contribution in [3.05, 3.63) is 0 Å². The number of rotatable bonds is 5. The van der Waals surface area contributed by atoms with Crippen LogP contribution in [0.25, 0.3) is 0 Å². The Labute approximate surface area is 122 Å². The minimum absolute atomic E-state index is 0.265. The second kappa shape index (κ2) is 6.49. The fourth-order valence-corrected chi connectivity index (χ4v) is 4.02. The number of ether oxygens (including phenoxy) is 1. The van der Waals surface area contributed by atoms with Crippen LogP contribution in [0.1, 0.15) is 46.0 Å². The van der Waals surface area contributed by atoms with E-state index in [9.17, 15) is 0 Å². The van der Waals surface area contributed by atoms with Gasteiger partial charge < -0.3 is 10.1 Å². The molecule has 1 aliphatic carbocycles. The van der Waals surface area contributed by atoms with Gasteiger partial charge >= 0.3 is 0 Å². The summed E-state index contributed by atoms with van der Waals surface area (Å²) < 4.78 is 5.17. The van der Waals surface area contributed by atoms with Crippen LogP contribution in [0.5, 0.6) is 0 Å². The Morgan fingerprint density at radius 3 is 2.68 bits per heavy atom. The Kier molecular flexibility index (Phi) is 5.18. The SMILES string of the molecule is COCCC(C)(C)CNC1=NCC2(CCCC2)CS1. The number of nitrogens with one attached hydrogen (secondary N) is 1. The van der Waals surface area contributed by atoms with Crippen molar-refractivity contribution >= 4 is 16.9 Å². The highest BCUT2D eigenvalue weighted by Crippen LogP contribution is 2.43. The first-order valence-electron chi connectivity index (χ1n) is 7.45. The Balaban J connectivity index is 1.76. The molecule has 0 atom stereocenters. The molecule has 110 valence electrons. The summed E-state index contributed by atoms with van der Waals surface area (Å²) in [5.74, 6) is 1.26. The molecule has 19 heavy (non-hydrogen) atoms. The first-order valence-corrected chi connectivity index (χ1v) is 8.44. The van der Waals surface area contributed by atoms with Gasteiger partial charge in [0, 0.05) is 32.6 Å². The third-order valence-corrected chi connectivity index (χ3v) is 5.74. The normalized spacial score (nSPS) is 22.6.